The first kappa shape index (κ1) is 56.6. The number of allylic oxidation sites excluding steroid dienone is 10. The maximum atomic E-state index is 12.8. The lowest BCUT2D eigenvalue weighted by Gasteiger charge is -2.41. The molecule has 0 heterocycles. The molecule has 0 aromatic carbocycles. The third-order valence-corrected chi connectivity index (χ3v) is 11.4. The van der Waals surface area contributed by atoms with Gasteiger partial charge in [-0.05, 0) is 57.8 Å². The van der Waals surface area contributed by atoms with Gasteiger partial charge in [0.2, 0.25) is 0 Å². The van der Waals surface area contributed by atoms with E-state index in [0.717, 1.165) is 77.0 Å². The largest absolute Gasteiger partial charge is 0.472 e. The molecule has 61 heavy (non-hydrogen) atoms. The van der Waals surface area contributed by atoms with Gasteiger partial charge in [-0.1, -0.05) is 158 Å². The molecule has 1 rings (SSSR count). The van der Waals surface area contributed by atoms with Crippen LogP contribution in [0.1, 0.15) is 168 Å². The number of ether oxygens (including phenoxy) is 2. The molecule has 1 fully saturated rings. The zero-order chi connectivity index (χ0) is 45.0. The summed E-state index contributed by atoms with van der Waals surface area (Å²) in [6.45, 7) is 3.15. The van der Waals surface area contributed by atoms with Crippen LogP contribution in [0.3, 0.4) is 0 Å². The lowest BCUT2D eigenvalue weighted by atomic mass is 9.85. The van der Waals surface area contributed by atoms with Crippen molar-refractivity contribution in [2.75, 3.05) is 13.2 Å². The van der Waals surface area contributed by atoms with E-state index in [1.54, 1.807) is 0 Å². The van der Waals surface area contributed by atoms with Crippen LogP contribution in [-0.2, 0) is 32.7 Å². The van der Waals surface area contributed by atoms with E-state index in [-0.39, 0.29) is 12.8 Å². The normalized spacial score (nSPS) is 22.6. The van der Waals surface area contributed by atoms with Gasteiger partial charge in [-0.2, -0.15) is 0 Å². The monoisotopic (exact) mass is 885 g/mol. The Hall–Kier alpha value is -2.45. The van der Waals surface area contributed by atoms with Gasteiger partial charge in [-0.25, -0.2) is 4.57 Å². The Balaban J connectivity index is 2.48. The first-order valence-corrected chi connectivity index (χ1v) is 24.6. The molecule has 6 atom stereocenters. The van der Waals surface area contributed by atoms with Crippen LogP contribution in [-0.4, -0.2) is 98.3 Å². The van der Waals surface area contributed by atoms with Crippen LogP contribution in [0.4, 0.5) is 0 Å². The molecule has 0 aromatic heterocycles. The van der Waals surface area contributed by atoms with Crippen molar-refractivity contribution in [3.8, 4) is 0 Å². The zero-order valence-electron chi connectivity index (χ0n) is 37.2. The van der Waals surface area contributed by atoms with Gasteiger partial charge in [0.25, 0.3) is 0 Å². The summed E-state index contributed by atoms with van der Waals surface area (Å²) in [5.41, 5.74) is 0. The molecule has 0 saturated heterocycles. The SMILES string of the molecule is CCC=CCC=CCC=CCC=CCC=CCCCCCC(=O)OCC(COP(=O)(O)OC1C(O)C(O)C(O)C(O)C1O)OC(=O)CCCCCCCCCCCCCCC. The van der Waals surface area contributed by atoms with E-state index in [0.29, 0.717) is 12.8 Å². The van der Waals surface area contributed by atoms with Crippen LogP contribution in [0.25, 0.3) is 0 Å². The van der Waals surface area contributed by atoms with E-state index in [2.05, 4.69) is 74.6 Å². The van der Waals surface area contributed by atoms with Gasteiger partial charge in [0.05, 0.1) is 6.61 Å². The summed E-state index contributed by atoms with van der Waals surface area (Å²) in [7, 11) is -5.13. The molecular formula is C47H81O13P. The highest BCUT2D eigenvalue weighted by molar-refractivity contribution is 7.47. The lowest BCUT2D eigenvalue weighted by Crippen LogP contribution is -2.64. The minimum atomic E-state index is -5.13. The average Bonchev–Trinajstić information content (AvgIpc) is 3.24. The molecule has 1 aliphatic rings. The van der Waals surface area contributed by atoms with Crippen LogP contribution in [0.15, 0.2) is 60.8 Å². The summed E-state index contributed by atoms with van der Waals surface area (Å²) in [6, 6.07) is 0. The van der Waals surface area contributed by atoms with Gasteiger partial charge < -0.3 is 39.9 Å². The van der Waals surface area contributed by atoms with Crippen molar-refractivity contribution in [1.29, 1.82) is 0 Å². The smallest absolute Gasteiger partial charge is 0.462 e. The second kappa shape index (κ2) is 37.0. The molecule has 0 amide bonds. The quantitative estimate of drug-likeness (QED) is 0.0149. The van der Waals surface area contributed by atoms with Crippen LogP contribution >= 0.6 is 7.82 Å². The van der Waals surface area contributed by atoms with Gasteiger partial charge in [0, 0.05) is 12.8 Å². The Morgan fingerprint density at radius 2 is 0.934 bits per heavy atom. The zero-order valence-corrected chi connectivity index (χ0v) is 38.1. The van der Waals surface area contributed by atoms with E-state index in [1.807, 2.05) is 0 Å². The molecule has 14 heteroatoms. The molecule has 0 aromatic rings. The van der Waals surface area contributed by atoms with Crippen LogP contribution in [0, 0.1) is 0 Å². The lowest BCUT2D eigenvalue weighted by molar-refractivity contribution is -0.220. The molecular weight excluding hydrogens is 803 g/mol. The van der Waals surface area contributed by atoms with Gasteiger partial charge in [0.1, 0.15) is 43.2 Å². The van der Waals surface area contributed by atoms with E-state index in [9.17, 15) is 44.6 Å². The molecule has 1 saturated carbocycles. The number of aliphatic hydroxyl groups is 5. The maximum absolute atomic E-state index is 12.8. The van der Waals surface area contributed by atoms with E-state index < -0.39 is 75.7 Å². The fourth-order valence-corrected chi connectivity index (χ4v) is 7.64. The predicted octanol–water partition coefficient (Wildman–Crippen LogP) is 8.94. The minimum absolute atomic E-state index is 0.0892. The second-order valence-electron chi connectivity index (χ2n) is 15.9. The highest BCUT2D eigenvalue weighted by Gasteiger charge is 2.51. The number of esters is 2. The van der Waals surface area contributed by atoms with E-state index in [1.165, 1.54) is 51.4 Å². The summed E-state index contributed by atoms with van der Waals surface area (Å²) in [5, 5.41) is 50.1. The van der Waals surface area contributed by atoms with Gasteiger partial charge >= 0.3 is 19.8 Å². The maximum Gasteiger partial charge on any atom is 0.472 e. The Labute approximate surface area is 366 Å². The summed E-state index contributed by atoms with van der Waals surface area (Å²) < 4.78 is 33.5. The third kappa shape index (κ3) is 29.5. The summed E-state index contributed by atoms with van der Waals surface area (Å²) in [4.78, 5) is 35.7. The molecule has 352 valence electrons. The Kier molecular flexibility index (Phi) is 34.3. The summed E-state index contributed by atoms with van der Waals surface area (Å²) in [5.74, 6) is -1.14. The summed E-state index contributed by atoms with van der Waals surface area (Å²) in [6.07, 6.45) is 31.3. The number of hydrogen-bond acceptors (Lipinski definition) is 12. The molecule has 13 nitrogen and oxygen atoms in total. The fourth-order valence-electron chi connectivity index (χ4n) is 6.67. The van der Waals surface area contributed by atoms with Gasteiger partial charge in [-0.3, -0.25) is 18.6 Å². The number of carbonyl (C=O) groups excluding carboxylic acids is 2. The third-order valence-electron chi connectivity index (χ3n) is 10.4. The van der Waals surface area contributed by atoms with Gasteiger partial charge in [0.15, 0.2) is 6.10 Å². The van der Waals surface area contributed by atoms with Crippen molar-refractivity contribution in [3.63, 3.8) is 0 Å². The van der Waals surface area contributed by atoms with Gasteiger partial charge in [-0.15, -0.1) is 0 Å². The fraction of sp³-hybridized carbons (Fsp3) is 0.745. The van der Waals surface area contributed by atoms with Crippen molar-refractivity contribution >= 4 is 19.8 Å². The molecule has 0 aliphatic heterocycles. The highest BCUT2D eigenvalue weighted by Crippen LogP contribution is 2.47. The second-order valence-corrected chi connectivity index (χ2v) is 17.3. The predicted molar refractivity (Wildman–Crippen MR) is 239 cm³/mol. The van der Waals surface area contributed by atoms with Crippen molar-refractivity contribution in [1.82, 2.24) is 0 Å². The number of phosphoric ester groups is 1. The van der Waals surface area contributed by atoms with Crippen LogP contribution in [0.2, 0.25) is 0 Å². The number of carbonyl (C=O) groups is 2. The van der Waals surface area contributed by atoms with Crippen molar-refractivity contribution in [2.24, 2.45) is 0 Å². The van der Waals surface area contributed by atoms with Crippen molar-refractivity contribution in [2.45, 2.75) is 211 Å². The summed E-state index contributed by atoms with van der Waals surface area (Å²) >= 11 is 0. The van der Waals surface area contributed by atoms with Crippen molar-refractivity contribution in [3.05, 3.63) is 60.8 Å². The first-order valence-electron chi connectivity index (χ1n) is 23.1. The molecule has 0 spiro atoms. The number of hydrogen-bond donors (Lipinski definition) is 6. The molecule has 1 aliphatic carbocycles. The molecule has 6 N–H and O–H groups in total. The van der Waals surface area contributed by atoms with E-state index >= 15 is 0 Å². The molecule has 6 unspecified atom stereocenters. The Bertz CT molecular complexity index is 1300. The highest BCUT2D eigenvalue weighted by atomic mass is 31.2. The molecule has 0 radical (unpaired) electrons. The van der Waals surface area contributed by atoms with Crippen LogP contribution < -0.4 is 0 Å². The Morgan fingerprint density at radius 1 is 0.525 bits per heavy atom. The number of phosphoric acid groups is 1. The number of aliphatic hydroxyl groups excluding tert-OH is 5. The average molecular weight is 885 g/mol. The van der Waals surface area contributed by atoms with Crippen LogP contribution in [0.5, 0.6) is 0 Å². The standard InChI is InChI=1S/C47H81O13P/c1-3-5-7-9-11-13-15-17-18-19-20-21-22-24-25-27-29-31-33-35-40(48)57-37-39(38-58-61(55,56)60-47-45(53)43(51)42(50)44(52)46(47)54)59-41(49)36-34-32-30-28-26-23-16-14-12-10-8-6-4-2/h5,7,11,13,17-18,20-21,24-25,39,42-47,50-54H,3-4,6,8-10,12,14-16,19,22-23,26-38H2,1-2H3,(H,55,56). The van der Waals surface area contributed by atoms with E-state index in [4.69, 9.17) is 18.5 Å². The molecule has 0 bridgehead atoms. The first-order chi connectivity index (χ1) is 29.4. The Morgan fingerprint density at radius 3 is 1.43 bits per heavy atom. The topological polar surface area (TPSA) is 210 Å². The van der Waals surface area contributed by atoms with Crippen molar-refractivity contribution < 1.29 is 63.1 Å². The minimum Gasteiger partial charge on any atom is -0.462 e. The number of rotatable bonds is 37. The number of unbranched alkanes of at least 4 members (excludes halogenated alkanes) is 15.